The molecular formula is C32H31N5O3S. The Labute approximate surface area is 241 Å². The van der Waals surface area contributed by atoms with E-state index in [1.807, 2.05) is 103 Å². The van der Waals surface area contributed by atoms with Gasteiger partial charge < -0.3 is 9.64 Å². The van der Waals surface area contributed by atoms with Crippen LogP contribution in [0.5, 0.6) is 5.75 Å². The zero-order valence-electron chi connectivity index (χ0n) is 22.9. The highest BCUT2D eigenvalue weighted by Crippen LogP contribution is 2.33. The minimum atomic E-state index is -3.87. The van der Waals surface area contributed by atoms with E-state index >= 15 is 0 Å². The summed E-state index contributed by atoms with van der Waals surface area (Å²) >= 11 is 0. The van der Waals surface area contributed by atoms with Crippen molar-refractivity contribution in [3.8, 4) is 23.1 Å². The first kappa shape index (κ1) is 27.9. The predicted octanol–water partition coefficient (Wildman–Crippen LogP) is 5.48. The Kier molecular flexibility index (Phi) is 8.34. The number of methoxy groups -OCH3 is 1. The minimum Gasteiger partial charge on any atom is -0.497 e. The second-order valence-corrected chi connectivity index (χ2v) is 11.6. The van der Waals surface area contributed by atoms with E-state index in [1.54, 1.807) is 29.6 Å². The molecule has 1 unspecified atom stereocenters. The molecule has 1 saturated heterocycles. The molecule has 1 N–H and O–H groups in total. The molecular weight excluding hydrogens is 534 g/mol. The highest BCUT2D eigenvalue weighted by Gasteiger charge is 2.38. The maximum Gasteiger partial charge on any atom is 0.243 e. The molecule has 4 aromatic rings. The van der Waals surface area contributed by atoms with Crippen LogP contribution in [0.25, 0.3) is 11.1 Å². The van der Waals surface area contributed by atoms with E-state index in [0.717, 1.165) is 33.7 Å². The lowest BCUT2D eigenvalue weighted by atomic mass is 10.0. The summed E-state index contributed by atoms with van der Waals surface area (Å²) in [5, 5.41) is 12.2. The summed E-state index contributed by atoms with van der Waals surface area (Å²) in [4.78, 5) is 6.90. The van der Waals surface area contributed by atoms with Crippen LogP contribution in [-0.4, -0.2) is 50.3 Å². The number of guanidine groups is 1. The summed E-state index contributed by atoms with van der Waals surface area (Å²) in [6.07, 6.45) is 1.99. The fourth-order valence-electron chi connectivity index (χ4n) is 4.98. The number of piperazine rings is 1. The molecule has 0 spiro atoms. The molecule has 8 nitrogen and oxygen atoms in total. The molecule has 0 saturated carbocycles. The van der Waals surface area contributed by atoms with Crippen molar-refractivity contribution in [3.63, 3.8) is 0 Å². The Morgan fingerprint density at radius 1 is 0.927 bits per heavy atom. The third kappa shape index (κ3) is 6.09. The molecule has 1 heterocycles. The molecule has 0 aliphatic carbocycles. The summed E-state index contributed by atoms with van der Waals surface area (Å²) < 4.78 is 35.2. The number of para-hydroxylation sites is 1. The van der Waals surface area contributed by atoms with Gasteiger partial charge >= 0.3 is 0 Å². The number of benzene rings is 4. The first-order valence-electron chi connectivity index (χ1n) is 13.3. The third-order valence-corrected chi connectivity index (χ3v) is 9.09. The molecule has 0 amide bonds. The molecule has 1 aliphatic heterocycles. The van der Waals surface area contributed by atoms with Crippen molar-refractivity contribution in [2.75, 3.05) is 26.7 Å². The summed E-state index contributed by atoms with van der Waals surface area (Å²) in [7, 11) is -2.26. The Morgan fingerprint density at radius 2 is 1.66 bits per heavy atom. The number of rotatable bonds is 6. The Morgan fingerprint density at radius 3 is 2.37 bits per heavy atom. The lowest BCUT2D eigenvalue weighted by Crippen LogP contribution is -2.54. The van der Waals surface area contributed by atoms with Gasteiger partial charge in [-0.2, -0.15) is 9.57 Å². The molecule has 4 aromatic carbocycles. The first-order chi connectivity index (χ1) is 19.9. The zero-order chi connectivity index (χ0) is 28.8. The number of ether oxygens (including phenoxy) is 1. The number of nitriles is 1. The average Bonchev–Trinajstić information content (AvgIpc) is 3.02. The van der Waals surface area contributed by atoms with Gasteiger partial charge in [-0.25, -0.2) is 13.4 Å². The summed E-state index contributed by atoms with van der Waals surface area (Å²) in [6, 6.07) is 31.3. The van der Waals surface area contributed by atoms with E-state index in [4.69, 9.17) is 9.73 Å². The van der Waals surface area contributed by atoms with Gasteiger partial charge in [0.15, 0.2) is 6.19 Å². The Hall–Kier alpha value is -4.65. The van der Waals surface area contributed by atoms with Gasteiger partial charge in [-0.15, -0.1) is 0 Å². The van der Waals surface area contributed by atoms with E-state index in [0.29, 0.717) is 19.0 Å². The fraction of sp³-hybridized carbons (Fsp3) is 0.188. The number of aryl methyl sites for hydroxylation is 1. The number of sulfonamides is 1. The normalized spacial score (nSPS) is 16.2. The van der Waals surface area contributed by atoms with Crippen LogP contribution in [0.1, 0.15) is 17.2 Å². The number of nitrogens with one attached hydrogen (secondary N) is 1. The molecule has 0 radical (unpaired) electrons. The monoisotopic (exact) mass is 565 g/mol. The molecule has 0 bridgehead atoms. The zero-order valence-corrected chi connectivity index (χ0v) is 23.8. The molecule has 1 fully saturated rings. The minimum absolute atomic E-state index is 0.217. The van der Waals surface area contributed by atoms with Crippen LogP contribution in [0.3, 0.4) is 0 Å². The highest BCUT2D eigenvalue weighted by atomic mass is 32.2. The number of hydrogen-bond donors (Lipinski definition) is 1. The molecule has 1 atom stereocenters. The van der Waals surface area contributed by atoms with Crippen LogP contribution in [-0.2, 0) is 10.0 Å². The van der Waals surface area contributed by atoms with Crippen LogP contribution in [0.2, 0.25) is 0 Å². The summed E-state index contributed by atoms with van der Waals surface area (Å²) in [5.74, 6) is 1.12. The smallest absolute Gasteiger partial charge is 0.243 e. The van der Waals surface area contributed by atoms with Crippen LogP contribution < -0.4 is 10.1 Å². The number of nitrogens with zero attached hydrogens (tertiary/aromatic N) is 4. The van der Waals surface area contributed by atoms with E-state index in [9.17, 15) is 13.7 Å². The van der Waals surface area contributed by atoms with Crippen LogP contribution in [0.4, 0.5) is 5.69 Å². The van der Waals surface area contributed by atoms with Crippen molar-refractivity contribution < 1.29 is 13.2 Å². The molecule has 208 valence electrons. The first-order valence-corrected chi connectivity index (χ1v) is 14.7. The second-order valence-electron chi connectivity index (χ2n) is 9.70. The maximum atomic E-state index is 14.2. The van der Waals surface area contributed by atoms with Gasteiger partial charge in [0, 0.05) is 19.6 Å². The standard InChI is InChI=1S/C32H31N5O3S/c1-24-9-6-7-14-30(24)35-32(34-23-33)36-19-20-37(31(22-36)26-10-4-3-5-11-26)41(38,39)29-13-8-12-27(21-29)25-15-17-28(40-2)18-16-25/h3-18,21,31H,19-20,22H2,1-2H3,(H,34,35). The fourth-order valence-corrected chi connectivity index (χ4v) is 6.62. The van der Waals surface area contributed by atoms with Gasteiger partial charge in [-0.1, -0.05) is 72.8 Å². The molecule has 41 heavy (non-hydrogen) atoms. The van der Waals surface area contributed by atoms with Crippen LogP contribution in [0.15, 0.2) is 113 Å². The van der Waals surface area contributed by atoms with E-state index in [-0.39, 0.29) is 11.4 Å². The molecule has 0 aromatic heterocycles. The second kappa shape index (κ2) is 12.3. The van der Waals surface area contributed by atoms with E-state index in [2.05, 4.69) is 5.32 Å². The lowest BCUT2D eigenvalue weighted by Gasteiger charge is -2.41. The van der Waals surface area contributed by atoms with E-state index < -0.39 is 16.1 Å². The van der Waals surface area contributed by atoms with Gasteiger partial charge in [0.25, 0.3) is 0 Å². The van der Waals surface area contributed by atoms with Crippen LogP contribution in [0, 0.1) is 18.4 Å². The molecule has 5 rings (SSSR count). The maximum absolute atomic E-state index is 14.2. The van der Waals surface area contributed by atoms with E-state index in [1.165, 1.54) is 0 Å². The van der Waals surface area contributed by atoms with Crippen molar-refractivity contribution in [1.82, 2.24) is 14.5 Å². The lowest BCUT2D eigenvalue weighted by molar-refractivity contribution is 0.192. The summed E-state index contributed by atoms with van der Waals surface area (Å²) in [6.45, 7) is 2.86. The van der Waals surface area contributed by atoms with Crippen molar-refractivity contribution in [2.45, 2.75) is 17.9 Å². The van der Waals surface area contributed by atoms with Gasteiger partial charge in [0.05, 0.1) is 23.7 Å². The third-order valence-electron chi connectivity index (χ3n) is 7.19. The van der Waals surface area contributed by atoms with Crippen molar-refractivity contribution in [2.24, 2.45) is 4.99 Å². The van der Waals surface area contributed by atoms with Crippen molar-refractivity contribution >= 4 is 21.7 Å². The van der Waals surface area contributed by atoms with Crippen molar-refractivity contribution in [3.05, 3.63) is 114 Å². The number of aliphatic imine (C=N–C) groups is 1. The molecule has 1 aliphatic rings. The highest BCUT2D eigenvalue weighted by molar-refractivity contribution is 7.89. The van der Waals surface area contributed by atoms with Crippen molar-refractivity contribution in [1.29, 1.82) is 5.26 Å². The largest absolute Gasteiger partial charge is 0.497 e. The Balaban J connectivity index is 1.49. The molecule has 9 heteroatoms. The number of hydrogen-bond acceptors (Lipinski definition) is 5. The average molecular weight is 566 g/mol. The predicted molar refractivity (Wildman–Crippen MR) is 160 cm³/mol. The van der Waals surface area contributed by atoms with Gasteiger partial charge in [0.2, 0.25) is 16.0 Å². The van der Waals surface area contributed by atoms with Crippen LogP contribution >= 0.6 is 0 Å². The SMILES string of the molecule is COc1ccc(-c2cccc(S(=O)(=O)N3CCN(C(=Nc4ccccc4C)NC#N)CC3c3ccccc3)c2)cc1. The summed E-state index contributed by atoms with van der Waals surface area (Å²) in [5.41, 5.74) is 4.27. The van der Waals surface area contributed by atoms with Gasteiger partial charge in [-0.05, 0) is 59.5 Å². The Bertz CT molecular complexity index is 1680. The topological polar surface area (TPSA) is 98.0 Å². The van der Waals surface area contributed by atoms with Gasteiger partial charge in [-0.3, -0.25) is 5.32 Å². The quantitative estimate of drug-likeness (QED) is 0.144. The van der Waals surface area contributed by atoms with Gasteiger partial charge in [0.1, 0.15) is 5.75 Å².